The largest absolute Gasteiger partial charge is 0.480 e. The third kappa shape index (κ3) is 7.29. The minimum Gasteiger partial charge on any atom is -0.480 e. The van der Waals surface area contributed by atoms with E-state index in [2.05, 4.69) is 17.9 Å². The van der Waals surface area contributed by atoms with Crippen molar-refractivity contribution in [3.63, 3.8) is 0 Å². The summed E-state index contributed by atoms with van der Waals surface area (Å²) in [6, 6.07) is 8.95. The molecule has 1 aromatic carbocycles. The minimum absolute atomic E-state index is 0.00732. The number of benzene rings is 1. The fourth-order valence-electron chi connectivity index (χ4n) is 2.12. The van der Waals surface area contributed by atoms with E-state index in [0.717, 1.165) is 18.3 Å². The zero-order chi connectivity index (χ0) is 15.7. The molecule has 0 radical (unpaired) electrons. The smallest absolute Gasteiger partial charge is 0.321 e. The topological polar surface area (TPSA) is 66.4 Å². The zero-order valence-electron chi connectivity index (χ0n) is 12.2. The highest BCUT2D eigenvalue weighted by Crippen LogP contribution is 2.12. The van der Waals surface area contributed by atoms with E-state index in [9.17, 15) is 14.7 Å². The third-order valence-electron chi connectivity index (χ3n) is 3.33. The summed E-state index contributed by atoms with van der Waals surface area (Å²) in [4.78, 5) is 21.9. The van der Waals surface area contributed by atoms with Crippen LogP contribution in [0.25, 0.3) is 0 Å². The fourth-order valence-corrected chi connectivity index (χ4v) is 2.58. The molecular weight excluding hydrogens is 286 g/mol. The number of hydrogen-bond donors (Lipinski definition) is 3. The second kappa shape index (κ2) is 9.58. The maximum Gasteiger partial charge on any atom is 0.321 e. The van der Waals surface area contributed by atoms with Crippen molar-refractivity contribution in [2.75, 3.05) is 6.54 Å². The molecule has 0 saturated carbocycles. The summed E-state index contributed by atoms with van der Waals surface area (Å²) in [6.45, 7) is 2.43. The number of aldehydes is 1. The van der Waals surface area contributed by atoms with Crippen LogP contribution in [0.15, 0.2) is 30.3 Å². The predicted octanol–water partition coefficient (Wildman–Crippen LogP) is 2.19. The van der Waals surface area contributed by atoms with Crippen LogP contribution in [0.3, 0.4) is 0 Å². The number of hydrogen-bond acceptors (Lipinski definition) is 4. The molecule has 3 atom stereocenters. The number of thiol groups is 1. The lowest BCUT2D eigenvalue weighted by atomic mass is 10.0. The van der Waals surface area contributed by atoms with Gasteiger partial charge in [0, 0.05) is 11.2 Å². The molecule has 0 heterocycles. The van der Waals surface area contributed by atoms with E-state index >= 15 is 0 Å². The molecule has 0 spiro atoms. The Morgan fingerprint density at radius 3 is 2.62 bits per heavy atom. The van der Waals surface area contributed by atoms with Crippen molar-refractivity contribution in [3.8, 4) is 0 Å². The van der Waals surface area contributed by atoms with Crippen LogP contribution < -0.4 is 5.32 Å². The second-order valence-corrected chi connectivity index (χ2v) is 6.06. The number of carboxylic acid groups (broad SMARTS) is 1. The van der Waals surface area contributed by atoms with Crippen molar-refractivity contribution in [2.45, 2.75) is 37.5 Å². The molecule has 2 unspecified atom stereocenters. The lowest BCUT2D eigenvalue weighted by molar-refractivity contribution is -0.139. The van der Waals surface area contributed by atoms with Gasteiger partial charge in [-0.15, -0.1) is 0 Å². The SMILES string of the molecule is CC(C=O)CC(S)CCN[C@@H](Cc1ccccc1)C(=O)O. The normalized spacial score (nSPS) is 15.1. The quantitative estimate of drug-likeness (QED) is 0.458. The molecule has 0 saturated heterocycles. The maximum atomic E-state index is 11.3. The van der Waals surface area contributed by atoms with Gasteiger partial charge in [0.1, 0.15) is 12.3 Å². The van der Waals surface area contributed by atoms with E-state index in [4.69, 9.17) is 0 Å². The molecule has 1 rings (SSSR count). The summed E-state index contributed by atoms with van der Waals surface area (Å²) in [5.41, 5.74) is 0.995. The molecule has 0 aliphatic carbocycles. The van der Waals surface area contributed by atoms with E-state index in [-0.39, 0.29) is 11.2 Å². The van der Waals surface area contributed by atoms with Crippen molar-refractivity contribution in [1.82, 2.24) is 5.32 Å². The first-order valence-corrected chi connectivity index (χ1v) is 7.68. The molecular formula is C16H23NO3S. The van der Waals surface area contributed by atoms with Gasteiger partial charge in [0.2, 0.25) is 0 Å². The van der Waals surface area contributed by atoms with Gasteiger partial charge in [-0.2, -0.15) is 12.6 Å². The van der Waals surface area contributed by atoms with Crippen LogP contribution in [0, 0.1) is 5.92 Å². The van der Waals surface area contributed by atoms with Crippen LogP contribution in [0.4, 0.5) is 0 Å². The highest BCUT2D eigenvalue weighted by molar-refractivity contribution is 7.80. The number of rotatable bonds is 10. The van der Waals surface area contributed by atoms with E-state index < -0.39 is 12.0 Å². The van der Waals surface area contributed by atoms with E-state index in [1.54, 1.807) is 0 Å². The number of nitrogens with one attached hydrogen (secondary N) is 1. The molecule has 21 heavy (non-hydrogen) atoms. The fraction of sp³-hybridized carbons (Fsp3) is 0.500. The number of carbonyl (C=O) groups is 2. The number of carboxylic acids is 1. The summed E-state index contributed by atoms with van der Waals surface area (Å²) < 4.78 is 0. The molecule has 116 valence electrons. The monoisotopic (exact) mass is 309 g/mol. The minimum atomic E-state index is -0.851. The van der Waals surface area contributed by atoms with Gasteiger partial charge in [-0.3, -0.25) is 4.79 Å². The van der Waals surface area contributed by atoms with Crippen LogP contribution in [-0.4, -0.2) is 35.2 Å². The van der Waals surface area contributed by atoms with Gasteiger partial charge in [0.15, 0.2) is 0 Å². The Morgan fingerprint density at radius 1 is 1.38 bits per heavy atom. The summed E-state index contributed by atoms with van der Waals surface area (Å²) in [6.07, 6.45) is 2.83. The number of aliphatic carboxylic acids is 1. The summed E-state index contributed by atoms with van der Waals surface area (Å²) in [5, 5.41) is 12.4. The lowest BCUT2D eigenvalue weighted by Gasteiger charge is -2.17. The van der Waals surface area contributed by atoms with Crippen molar-refractivity contribution >= 4 is 24.9 Å². The summed E-state index contributed by atoms with van der Waals surface area (Å²) >= 11 is 4.43. The van der Waals surface area contributed by atoms with Crippen LogP contribution >= 0.6 is 12.6 Å². The summed E-state index contributed by atoms with van der Waals surface area (Å²) in [7, 11) is 0. The van der Waals surface area contributed by atoms with Gasteiger partial charge in [-0.1, -0.05) is 37.3 Å². The van der Waals surface area contributed by atoms with Crippen molar-refractivity contribution in [3.05, 3.63) is 35.9 Å². The first kappa shape index (κ1) is 17.7. The second-order valence-electron chi connectivity index (χ2n) is 5.33. The van der Waals surface area contributed by atoms with Crippen LogP contribution in [0.2, 0.25) is 0 Å². The Bertz CT molecular complexity index is 438. The highest BCUT2D eigenvalue weighted by Gasteiger charge is 2.17. The van der Waals surface area contributed by atoms with Crippen molar-refractivity contribution < 1.29 is 14.7 Å². The first-order valence-electron chi connectivity index (χ1n) is 7.16. The van der Waals surface area contributed by atoms with Crippen LogP contribution in [-0.2, 0) is 16.0 Å². The Labute approximate surface area is 131 Å². The van der Waals surface area contributed by atoms with Gasteiger partial charge in [-0.25, -0.2) is 0 Å². The van der Waals surface area contributed by atoms with Crippen molar-refractivity contribution in [1.29, 1.82) is 0 Å². The molecule has 2 N–H and O–H groups in total. The first-order chi connectivity index (χ1) is 10.0. The Kier molecular flexibility index (Phi) is 8.08. The predicted molar refractivity (Wildman–Crippen MR) is 86.8 cm³/mol. The van der Waals surface area contributed by atoms with E-state index in [1.807, 2.05) is 37.3 Å². The van der Waals surface area contributed by atoms with E-state index in [0.29, 0.717) is 19.4 Å². The molecule has 4 nitrogen and oxygen atoms in total. The Hall–Kier alpha value is -1.33. The van der Waals surface area contributed by atoms with Crippen LogP contribution in [0.1, 0.15) is 25.3 Å². The molecule has 5 heteroatoms. The molecule has 1 aromatic rings. The van der Waals surface area contributed by atoms with Gasteiger partial charge in [-0.05, 0) is 31.4 Å². The summed E-state index contributed by atoms with van der Waals surface area (Å²) in [5.74, 6) is -0.858. The Morgan fingerprint density at radius 2 is 2.05 bits per heavy atom. The average molecular weight is 309 g/mol. The Balaban J connectivity index is 2.38. The molecule has 0 aromatic heterocycles. The molecule has 0 aliphatic rings. The van der Waals surface area contributed by atoms with E-state index in [1.165, 1.54) is 0 Å². The molecule has 0 aliphatic heterocycles. The highest BCUT2D eigenvalue weighted by atomic mass is 32.1. The van der Waals surface area contributed by atoms with Gasteiger partial charge in [0.25, 0.3) is 0 Å². The standard InChI is InChI=1S/C16H23NO3S/c1-12(11-18)9-14(21)7-8-17-15(16(19)20)10-13-5-3-2-4-6-13/h2-6,11-12,14-15,17,21H,7-10H2,1H3,(H,19,20)/t12?,14?,15-/m0/s1. The average Bonchev–Trinajstić information content (AvgIpc) is 2.47. The van der Waals surface area contributed by atoms with Gasteiger partial charge in [0.05, 0.1) is 0 Å². The third-order valence-corrected chi connectivity index (χ3v) is 3.79. The molecule has 0 fully saturated rings. The molecule has 0 bridgehead atoms. The zero-order valence-corrected chi connectivity index (χ0v) is 13.1. The van der Waals surface area contributed by atoms with Gasteiger partial charge < -0.3 is 15.2 Å². The maximum absolute atomic E-state index is 11.3. The van der Waals surface area contributed by atoms with Crippen LogP contribution in [0.5, 0.6) is 0 Å². The van der Waals surface area contributed by atoms with Gasteiger partial charge >= 0.3 is 5.97 Å². The number of carbonyl (C=O) groups excluding carboxylic acids is 1. The van der Waals surface area contributed by atoms with Crippen molar-refractivity contribution in [2.24, 2.45) is 5.92 Å². The molecule has 0 amide bonds. The lowest BCUT2D eigenvalue weighted by Crippen LogP contribution is -2.39.